The van der Waals surface area contributed by atoms with Gasteiger partial charge in [-0.1, -0.05) is 13.8 Å². The Morgan fingerprint density at radius 3 is 2.12 bits per heavy atom. The summed E-state index contributed by atoms with van der Waals surface area (Å²) < 4.78 is 48.8. The van der Waals surface area contributed by atoms with Crippen molar-refractivity contribution in [1.82, 2.24) is 5.32 Å². The van der Waals surface area contributed by atoms with Crippen molar-refractivity contribution in [2.75, 3.05) is 6.54 Å². The first-order chi connectivity index (χ1) is 7.21. The van der Waals surface area contributed by atoms with Crippen molar-refractivity contribution in [2.24, 2.45) is 11.7 Å². The Labute approximate surface area is 104 Å². The number of halogens is 5. The van der Waals surface area contributed by atoms with E-state index in [-0.39, 0.29) is 24.9 Å². The smallest absolute Gasteiger partial charge is 0.347 e. The third kappa shape index (κ3) is 6.07. The molecule has 0 saturated carbocycles. The van der Waals surface area contributed by atoms with Gasteiger partial charge in [0.2, 0.25) is 0 Å². The molecule has 0 aliphatic heterocycles. The first kappa shape index (κ1) is 18.8. The van der Waals surface area contributed by atoms with Crippen molar-refractivity contribution in [1.29, 1.82) is 0 Å². The minimum absolute atomic E-state index is 0. The third-order valence-electron chi connectivity index (χ3n) is 1.95. The average molecular weight is 281 g/mol. The summed E-state index contributed by atoms with van der Waals surface area (Å²) in [4.78, 5) is 10.9. The van der Waals surface area contributed by atoms with Gasteiger partial charge >= 0.3 is 12.3 Å². The topological polar surface area (TPSA) is 55.1 Å². The number of alkyl halides is 4. The van der Waals surface area contributed by atoms with Crippen LogP contribution in [0, 0.1) is 5.92 Å². The second-order valence-electron chi connectivity index (χ2n) is 3.96. The fraction of sp³-hybridized carbons (Fsp3) is 0.889. The molecule has 0 spiro atoms. The molecular weight excluding hydrogens is 264 g/mol. The standard InChI is InChI=1S/C9H16F4N2O.ClH/c1-5(2)3-6(4-14)15-8(16)9(12,13)7(10)11;/h5-7H,3-4,14H2,1-2H3,(H,15,16);1H. The summed E-state index contributed by atoms with van der Waals surface area (Å²) in [5.74, 6) is -6.52. The van der Waals surface area contributed by atoms with E-state index in [2.05, 4.69) is 0 Å². The zero-order valence-corrected chi connectivity index (χ0v) is 10.4. The lowest BCUT2D eigenvalue weighted by Crippen LogP contribution is -2.51. The molecule has 1 amide bonds. The maximum Gasteiger partial charge on any atom is 0.383 e. The van der Waals surface area contributed by atoms with E-state index >= 15 is 0 Å². The van der Waals surface area contributed by atoms with Gasteiger partial charge in [-0.3, -0.25) is 4.79 Å². The Morgan fingerprint density at radius 2 is 1.82 bits per heavy atom. The summed E-state index contributed by atoms with van der Waals surface area (Å²) in [6, 6.07) is -0.711. The van der Waals surface area contributed by atoms with Gasteiger partial charge in [0.25, 0.3) is 5.91 Å². The molecule has 0 fully saturated rings. The van der Waals surface area contributed by atoms with Crippen LogP contribution >= 0.6 is 12.4 Å². The summed E-state index contributed by atoms with van der Waals surface area (Å²) >= 11 is 0. The van der Waals surface area contributed by atoms with E-state index in [0.29, 0.717) is 6.42 Å². The zero-order chi connectivity index (χ0) is 12.9. The van der Waals surface area contributed by atoms with Crippen LogP contribution in [0.5, 0.6) is 0 Å². The van der Waals surface area contributed by atoms with E-state index in [9.17, 15) is 22.4 Å². The highest BCUT2D eigenvalue weighted by atomic mass is 35.5. The summed E-state index contributed by atoms with van der Waals surface area (Å²) in [5.41, 5.74) is 5.24. The van der Waals surface area contributed by atoms with Gasteiger partial charge < -0.3 is 11.1 Å². The van der Waals surface area contributed by atoms with Crippen molar-refractivity contribution in [3.8, 4) is 0 Å². The molecule has 8 heteroatoms. The highest BCUT2D eigenvalue weighted by molar-refractivity contribution is 5.85. The quantitative estimate of drug-likeness (QED) is 0.729. The predicted octanol–water partition coefficient (Wildman–Crippen LogP) is 1.80. The first-order valence-corrected chi connectivity index (χ1v) is 4.88. The van der Waals surface area contributed by atoms with Crippen LogP contribution in [0.4, 0.5) is 17.6 Å². The second-order valence-corrected chi connectivity index (χ2v) is 3.96. The highest BCUT2D eigenvalue weighted by Crippen LogP contribution is 2.23. The van der Waals surface area contributed by atoms with Crippen molar-refractivity contribution in [3.63, 3.8) is 0 Å². The largest absolute Gasteiger partial charge is 0.383 e. The molecule has 0 aliphatic carbocycles. The molecular formula is C9H17ClF4N2O. The Kier molecular flexibility index (Phi) is 8.52. The fourth-order valence-electron chi connectivity index (χ4n) is 1.16. The maximum atomic E-state index is 12.6. The third-order valence-corrected chi connectivity index (χ3v) is 1.95. The SMILES string of the molecule is CC(C)CC(CN)NC(=O)C(F)(F)C(F)F.Cl. The minimum Gasteiger partial charge on any atom is -0.347 e. The molecule has 3 nitrogen and oxygen atoms in total. The zero-order valence-electron chi connectivity index (χ0n) is 9.55. The Morgan fingerprint density at radius 1 is 1.35 bits per heavy atom. The second kappa shape index (κ2) is 7.71. The number of hydrogen-bond donors (Lipinski definition) is 2. The Balaban J connectivity index is 0. The van der Waals surface area contributed by atoms with Gasteiger partial charge in [0.05, 0.1) is 0 Å². The Bertz CT molecular complexity index is 239. The normalized spacial score (nSPS) is 13.5. The maximum absolute atomic E-state index is 12.6. The molecule has 17 heavy (non-hydrogen) atoms. The molecule has 0 rings (SSSR count). The molecule has 1 unspecified atom stereocenters. The predicted molar refractivity (Wildman–Crippen MR) is 58.6 cm³/mol. The number of hydrogen-bond acceptors (Lipinski definition) is 2. The van der Waals surface area contributed by atoms with Crippen molar-refractivity contribution < 1.29 is 22.4 Å². The van der Waals surface area contributed by atoms with Crippen LogP contribution in [-0.2, 0) is 4.79 Å². The number of carbonyl (C=O) groups excluding carboxylic acids is 1. The van der Waals surface area contributed by atoms with Crippen LogP contribution in [0.1, 0.15) is 20.3 Å². The van der Waals surface area contributed by atoms with Crippen molar-refractivity contribution in [3.05, 3.63) is 0 Å². The van der Waals surface area contributed by atoms with Crippen LogP contribution in [0.2, 0.25) is 0 Å². The molecule has 0 aromatic rings. The van der Waals surface area contributed by atoms with Crippen LogP contribution in [-0.4, -0.2) is 30.8 Å². The average Bonchev–Trinajstić information content (AvgIpc) is 2.15. The molecule has 104 valence electrons. The van der Waals surface area contributed by atoms with Gasteiger partial charge in [-0.05, 0) is 12.3 Å². The van der Waals surface area contributed by atoms with Crippen LogP contribution < -0.4 is 11.1 Å². The molecule has 0 heterocycles. The van der Waals surface area contributed by atoms with Crippen molar-refractivity contribution >= 4 is 18.3 Å². The van der Waals surface area contributed by atoms with E-state index < -0.39 is 24.3 Å². The molecule has 3 N–H and O–H groups in total. The number of rotatable bonds is 6. The summed E-state index contributed by atoms with van der Waals surface area (Å²) in [6.45, 7) is 3.55. The van der Waals surface area contributed by atoms with E-state index in [1.54, 1.807) is 13.8 Å². The van der Waals surface area contributed by atoms with E-state index in [0.717, 1.165) is 0 Å². The summed E-state index contributed by atoms with van der Waals surface area (Å²) in [6.07, 6.45) is -3.65. The van der Waals surface area contributed by atoms with Gasteiger partial charge in [-0.2, -0.15) is 8.78 Å². The lowest BCUT2D eigenvalue weighted by Gasteiger charge is -2.22. The molecule has 0 bridgehead atoms. The lowest BCUT2D eigenvalue weighted by atomic mass is 10.0. The molecule has 0 aliphatic rings. The van der Waals surface area contributed by atoms with E-state index in [1.807, 2.05) is 5.32 Å². The molecule has 0 radical (unpaired) electrons. The van der Waals surface area contributed by atoms with Crippen LogP contribution in [0.3, 0.4) is 0 Å². The Hall–Kier alpha value is -0.560. The van der Waals surface area contributed by atoms with Gasteiger partial charge in [0.15, 0.2) is 0 Å². The molecule has 0 aromatic carbocycles. The molecule has 0 saturated heterocycles. The fourth-order valence-corrected chi connectivity index (χ4v) is 1.16. The minimum atomic E-state index is -4.66. The highest BCUT2D eigenvalue weighted by Gasteiger charge is 2.49. The molecule has 1 atom stereocenters. The van der Waals surface area contributed by atoms with Gasteiger partial charge in [0, 0.05) is 12.6 Å². The van der Waals surface area contributed by atoms with Crippen molar-refractivity contribution in [2.45, 2.75) is 38.7 Å². The molecule has 0 aromatic heterocycles. The monoisotopic (exact) mass is 280 g/mol. The lowest BCUT2D eigenvalue weighted by molar-refractivity contribution is -0.170. The summed E-state index contributed by atoms with van der Waals surface area (Å²) in [5, 5.41) is 1.83. The van der Waals surface area contributed by atoms with E-state index in [4.69, 9.17) is 5.73 Å². The number of amides is 1. The number of nitrogens with two attached hydrogens (primary N) is 1. The number of nitrogens with one attached hydrogen (secondary N) is 1. The first-order valence-electron chi connectivity index (χ1n) is 4.88. The van der Waals surface area contributed by atoms with Gasteiger partial charge in [0.1, 0.15) is 0 Å². The van der Waals surface area contributed by atoms with Crippen LogP contribution in [0.15, 0.2) is 0 Å². The summed E-state index contributed by atoms with van der Waals surface area (Å²) in [7, 11) is 0. The number of carbonyl (C=O) groups is 1. The van der Waals surface area contributed by atoms with Gasteiger partial charge in [-0.25, -0.2) is 8.78 Å². The van der Waals surface area contributed by atoms with E-state index in [1.165, 1.54) is 0 Å². The van der Waals surface area contributed by atoms with Crippen LogP contribution in [0.25, 0.3) is 0 Å². The van der Waals surface area contributed by atoms with Gasteiger partial charge in [-0.15, -0.1) is 12.4 Å².